The molecule has 0 aromatic carbocycles. The molecule has 0 aliphatic heterocycles. The second-order valence-corrected chi connectivity index (χ2v) is 8.40. The van der Waals surface area contributed by atoms with E-state index in [0.29, 0.717) is 0 Å². The summed E-state index contributed by atoms with van der Waals surface area (Å²) in [6, 6.07) is 16.2. The highest BCUT2D eigenvalue weighted by molar-refractivity contribution is 7.15. The van der Waals surface area contributed by atoms with Gasteiger partial charge in [-0.1, -0.05) is 6.07 Å². The molecule has 6 aromatic heterocycles. The summed E-state index contributed by atoms with van der Waals surface area (Å²) in [5.41, 5.74) is 6.36. The monoisotopic (exact) mass is 408 g/mol. The highest BCUT2D eigenvalue weighted by atomic mass is 32.1. The number of aryl methyl sites for hydroxylation is 1. The Labute approximate surface area is 175 Å². The van der Waals surface area contributed by atoms with E-state index in [-0.39, 0.29) is 0 Å². The lowest BCUT2D eigenvalue weighted by Crippen LogP contribution is -1.86. The fourth-order valence-corrected chi connectivity index (χ4v) is 4.59. The number of pyridine rings is 3. The first-order valence-electron chi connectivity index (χ1n) is 9.57. The predicted molar refractivity (Wildman–Crippen MR) is 120 cm³/mol. The second-order valence-electron chi connectivity index (χ2n) is 7.12. The third-order valence-electron chi connectivity index (χ3n) is 5.15. The van der Waals surface area contributed by atoms with Gasteiger partial charge < -0.3 is 4.98 Å². The molecular formula is C23H16N6S. The highest BCUT2D eigenvalue weighted by Crippen LogP contribution is 2.35. The zero-order valence-electron chi connectivity index (χ0n) is 16.0. The first kappa shape index (κ1) is 17.1. The van der Waals surface area contributed by atoms with E-state index in [1.54, 1.807) is 23.7 Å². The number of aromatic nitrogens is 6. The molecule has 0 saturated carbocycles. The SMILES string of the molecule is Cc1ccc(-c2nccc3[nH]c(-c4n[nH]c5cnc(-c6ccccn6)cc45)cc23)s1. The number of fused-ring (bicyclic) bond motifs is 2. The summed E-state index contributed by atoms with van der Waals surface area (Å²) in [6.07, 6.45) is 5.43. The number of thiophene rings is 1. The van der Waals surface area contributed by atoms with E-state index in [1.165, 1.54) is 4.88 Å². The van der Waals surface area contributed by atoms with E-state index >= 15 is 0 Å². The fraction of sp³-hybridized carbons (Fsp3) is 0.0435. The van der Waals surface area contributed by atoms with E-state index < -0.39 is 0 Å². The molecule has 0 radical (unpaired) electrons. The van der Waals surface area contributed by atoms with Crippen molar-refractivity contribution in [3.05, 3.63) is 72.0 Å². The molecule has 0 saturated heterocycles. The van der Waals surface area contributed by atoms with Crippen LogP contribution < -0.4 is 0 Å². The van der Waals surface area contributed by atoms with Crippen molar-refractivity contribution in [2.45, 2.75) is 6.92 Å². The fourth-order valence-electron chi connectivity index (χ4n) is 3.72. The van der Waals surface area contributed by atoms with Gasteiger partial charge >= 0.3 is 0 Å². The third kappa shape index (κ3) is 2.71. The van der Waals surface area contributed by atoms with Gasteiger partial charge in [-0.25, -0.2) is 0 Å². The minimum absolute atomic E-state index is 0.818. The zero-order chi connectivity index (χ0) is 20.1. The first-order chi connectivity index (χ1) is 14.8. The smallest absolute Gasteiger partial charge is 0.116 e. The van der Waals surface area contributed by atoms with Gasteiger partial charge in [0.25, 0.3) is 0 Å². The molecule has 0 atom stereocenters. The van der Waals surface area contributed by atoms with E-state index in [1.807, 2.05) is 36.5 Å². The number of nitrogens with zero attached hydrogens (tertiary/aromatic N) is 4. The molecule has 6 aromatic rings. The van der Waals surface area contributed by atoms with Crippen molar-refractivity contribution in [2.24, 2.45) is 0 Å². The van der Waals surface area contributed by atoms with E-state index in [4.69, 9.17) is 0 Å². The molecule has 30 heavy (non-hydrogen) atoms. The molecular weight excluding hydrogens is 392 g/mol. The van der Waals surface area contributed by atoms with Gasteiger partial charge in [-0.05, 0) is 49.4 Å². The van der Waals surface area contributed by atoms with Crippen molar-refractivity contribution < 1.29 is 0 Å². The van der Waals surface area contributed by atoms with Gasteiger partial charge in [0, 0.05) is 33.6 Å². The molecule has 0 amide bonds. The Bertz CT molecular complexity index is 1510. The normalized spacial score (nSPS) is 11.5. The van der Waals surface area contributed by atoms with Crippen molar-refractivity contribution in [3.63, 3.8) is 0 Å². The van der Waals surface area contributed by atoms with Crippen LogP contribution in [0, 0.1) is 6.92 Å². The number of H-pyrrole nitrogens is 2. The van der Waals surface area contributed by atoms with Crippen LogP contribution in [0.2, 0.25) is 0 Å². The molecule has 0 bridgehead atoms. The van der Waals surface area contributed by atoms with Crippen LogP contribution in [-0.4, -0.2) is 30.1 Å². The molecule has 0 unspecified atom stereocenters. The molecule has 2 N–H and O–H groups in total. The zero-order valence-corrected chi connectivity index (χ0v) is 16.9. The topological polar surface area (TPSA) is 83.1 Å². The summed E-state index contributed by atoms with van der Waals surface area (Å²) >= 11 is 1.75. The minimum Gasteiger partial charge on any atom is -0.353 e. The summed E-state index contributed by atoms with van der Waals surface area (Å²) < 4.78 is 0. The third-order valence-corrected chi connectivity index (χ3v) is 6.16. The Balaban J connectivity index is 1.52. The predicted octanol–water partition coefficient (Wildman–Crippen LogP) is 5.60. The van der Waals surface area contributed by atoms with Crippen LogP contribution in [0.3, 0.4) is 0 Å². The average molecular weight is 408 g/mol. The van der Waals surface area contributed by atoms with Crippen LogP contribution in [0.25, 0.3) is 55.2 Å². The van der Waals surface area contributed by atoms with Crippen LogP contribution in [0.1, 0.15) is 4.88 Å². The van der Waals surface area contributed by atoms with Crippen molar-refractivity contribution in [1.29, 1.82) is 0 Å². The lowest BCUT2D eigenvalue weighted by atomic mass is 10.1. The Morgan fingerprint density at radius 1 is 0.800 bits per heavy atom. The summed E-state index contributed by atoms with van der Waals surface area (Å²) in [5, 5.41) is 9.75. The van der Waals surface area contributed by atoms with E-state index in [0.717, 1.165) is 55.2 Å². The lowest BCUT2D eigenvalue weighted by molar-refractivity contribution is 1.11. The van der Waals surface area contributed by atoms with E-state index in [9.17, 15) is 0 Å². The number of aromatic amines is 2. The standard InChI is InChI=1S/C23H16N6S/c1-13-5-6-21(30-13)23-14-11-19(27-16(14)7-9-25-23)22-15-10-18(17-4-2-3-8-24-17)26-12-20(15)28-29-22/h2-12,27H,1H3,(H,28,29). The summed E-state index contributed by atoms with van der Waals surface area (Å²) in [5.74, 6) is 0. The van der Waals surface area contributed by atoms with Gasteiger partial charge in [0.15, 0.2) is 0 Å². The summed E-state index contributed by atoms with van der Waals surface area (Å²) in [7, 11) is 0. The van der Waals surface area contributed by atoms with Crippen molar-refractivity contribution in [1.82, 2.24) is 30.1 Å². The Kier molecular flexibility index (Phi) is 3.75. The molecule has 6 nitrogen and oxygen atoms in total. The van der Waals surface area contributed by atoms with Gasteiger partial charge in [0.1, 0.15) is 5.69 Å². The average Bonchev–Trinajstić information content (AvgIpc) is 3.51. The number of hydrogen-bond acceptors (Lipinski definition) is 5. The quantitative estimate of drug-likeness (QED) is 0.399. The molecule has 7 heteroatoms. The van der Waals surface area contributed by atoms with Crippen LogP contribution in [-0.2, 0) is 0 Å². The highest BCUT2D eigenvalue weighted by Gasteiger charge is 2.16. The Hall–Kier alpha value is -3.84. The molecule has 0 fully saturated rings. The molecule has 0 spiro atoms. The first-order valence-corrected chi connectivity index (χ1v) is 10.4. The molecule has 0 aliphatic carbocycles. The number of nitrogens with one attached hydrogen (secondary N) is 2. The van der Waals surface area contributed by atoms with Crippen molar-refractivity contribution >= 4 is 33.1 Å². The molecule has 144 valence electrons. The molecule has 6 rings (SSSR count). The van der Waals surface area contributed by atoms with Gasteiger partial charge in [-0.15, -0.1) is 11.3 Å². The van der Waals surface area contributed by atoms with Crippen molar-refractivity contribution in [2.75, 3.05) is 0 Å². The summed E-state index contributed by atoms with van der Waals surface area (Å²) in [4.78, 5) is 19.5. The van der Waals surface area contributed by atoms with Crippen LogP contribution in [0.15, 0.2) is 67.1 Å². The maximum atomic E-state index is 4.65. The summed E-state index contributed by atoms with van der Waals surface area (Å²) in [6.45, 7) is 2.11. The number of rotatable bonds is 3. The second kappa shape index (κ2) is 6.60. The minimum atomic E-state index is 0.818. The van der Waals surface area contributed by atoms with Crippen LogP contribution >= 0.6 is 11.3 Å². The Morgan fingerprint density at radius 2 is 1.73 bits per heavy atom. The van der Waals surface area contributed by atoms with Crippen LogP contribution in [0.5, 0.6) is 0 Å². The number of hydrogen-bond donors (Lipinski definition) is 2. The van der Waals surface area contributed by atoms with Gasteiger partial charge in [0.2, 0.25) is 0 Å². The van der Waals surface area contributed by atoms with Crippen LogP contribution in [0.4, 0.5) is 0 Å². The Morgan fingerprint density at radius 3 is 2.57 bits per heavy atom. The molecule has 6 heterocycles. The van der Waals surface area contributed by atoms with Gasteiger partial charge in [-0.3, -0.25) is 20.1 Å². The largest absolute Gasteiger partial charge is 0.353 e. The van der Waals surface area contributed by atoms with Gasteiger partial charge in [-0.2, -0.15) is 5.10 Å². The maximum Gasteiger partial charge on any atom is 0.116 e. The van der Waals surface area contributed by atoms with Crippen molar-refractivity contribution in [3.8, 4) is 33.3 Å². The van der Waals surface area contributed by atoms with Gasteiger partial charge in [0.05, 0.1) is 39.4 Å². The molecule has 0 aliphatic rings. The maximum absolute atomic E-state index is 4.65. The lowest BCUT2D eigenvalue weighted by Gasteiger charge is -2.00. The van der Waals surface area contributed by atoms with E-state index in [2.05, 4.69) is 55.3 Å².